The molecule has 1 aliphatic heterocycles. The van der Waals surface area contributed by atoms with Crippen molar-refractivity contribution in [1.82, 2.24) is 9.78 Å². The van der Waals surface area contributed by atoms with Crippen molar-refractivity contribution in [3.63, 3.8) is 0 Å². The van der Waals surface area contributed by atoms with Gasteiger partial charge >= 0.3 is 5.97 Å². The number of carboxylic acid groups (broad SMARTS) is 1. The molecular formula is C11H16N2O3. The van der Waals surface area contributed by atoms with Crippen LogP contribution in [0.3, 0.4) is 0 Å². The van der Waals surface area contributed by atoms with E-state index in [1.54, 1.807) is 6.20 Å². The lowest BCUT2D eigenvalue weighted by atomic mass is 10.2. The number of hydrogen-bond donors (Lipinski definition) is 1. The molecule has 2 heterocycles. The number of aryl methyl sites for hydroxylation is 1. The first kappa shape index (κ1) is 11.1. The lowest BCUT2D eigenvalue weighted by Crippen LogP contribution is -2.15. The summed E-state index contributed by atoms with van der Waals surface area (Å²) in [5.41, 5.74) is 0.973. The molecular weight excluding hydrogens is 208 g/mol. The fourth-order valence-electron chi connectivity index (χ4n) is 1.88. The van der Waals surface area contributed by atoms with E-state index in [0.717, 1.165) is 31.6 Å². The zero-order valence-electron chi connectivity index (χ0n) is 9.13. The quantitative estimate of drug-likeness (QED) is 0.812. The summed E-state index contributed by atoms with van der Waals surface area (Å²) in [7, 11) is 0. The fraction of sp³-hybridized carbons (Fsp3) is 0.636. The summed E-state index contributed by atoms with van der Waals surface area (Å²) in [4.78, 5) is 10.4. The first-order chi connectivity index (χ1) is 7.74. The average molecular weight is 224 g/mol. The molecule has 1 atom stereocenters. The number of aromatic nitrogens is 2. The maximum Gasteiger partial charge on any atom is 0.303 e. The normalized spacial score (nSPS) is 20.1. The third kappa shape index (κ3) is 3.06. The van der Waals surface area contributed by atoms with Gasteiger partial charge in [-0.15, -0.1) is 0 Å². The molecule has 16 heavy (non-hydrogen) atoms. The predicted molar refractivity (Wildman–Crippen MR) is 57.2 cm³/mol. The van der Waals surface area contributed by atoms with Crippen molar-refractivity contribution < 1.29 is 14.6 Å². The number of rotatable bonds is 5. The summed E-state index contributed by atoms with van der Waals surface area (Å²) in [6.07, 6.45) is 6.82. The molecule has 5 nitrogen and oxygen atoms in total. The van der Waals surface area contributed by atoms with Crippen molar-refractivity contribution in [3.8, 4) is 0 Å². The summed E-state index contributed by atoms with van der Waals surface area (Å²) in [5.74, 6) is -0.771. The van der Waals surface area contributed by atoms with Crippen LogP contribution in [0.4, 0.5) is 0 Å². The predicted octanol–water partition coefficient (Wildman–Crippen LogP) is 1.08. The van der Waals surface area contributed by atoms with Crippen LogP contribution in [0, 0.1) is 0 Å². The monoisotopic (exact) mass is 224 g/mol. The van der Waals surface area contributed by atoms with Gasteiger partial charge in [-0.3, -0.25) is 9.48 Å². The smallest absolute Gasteiger partial charge is 0.303 e. The highest BCUT2D eigenvalue weighted by Crippen LogP contribution is 2.14. The van der Waals surface area contributed by atoms with Crippen LogP contribution >= 0.6 is 0 Å². The van der Waals surface area contributed by atoms with Crippen molar-refractivity contribution in [2.24, 2.45) is 0 Å². The van der Waals surface area contributed by atoms with Gasteiger partial charge in [-0.25, -0.2) is 0 Å². The molecule has 1 fully saturated rings. The molecule has 2 rings (SSSR count). The Labute approximate surface area is 94.0 Å². The lowest BCUT2D eigenvalue weighted by Gasteiger charge is -2.08. The molecule has 5 heteroatoms. The highest BCUT2D eigenvalue weighted by molar-refractivity contribution is 5.67. The molecule has 0 radical (unpaired) electrons. The number of carbonyl (C=O) groups is 1. The van der Waals surface area contributed by atoms with Crippen LogP contribution < -0.4 is 0 Å². The molecule has 0 aromatic carbocycles. The number of ether oxygens (including phenoxy) is 1. The van der Waals surface area contributed by atoms with E-state index in [-0.39, 0.29) is 12.5 Å². The van der Waals surface area contributed by atoms with Crippen LogP contribution in [0.15, 0.2) is 12.4 Å². The standard InChI is InChI=1S/C11H16N2O3/c14-11(15)4-3-9-6-12-13(7-9)8-10-2-1-5-16-10/h6-7,10H,1-5,8H2,(H,14,15). The third-order valence-electron chi connectivity index (χ3n) is 2.73. The van der Waals surface area contributed by atoms with Gasteiger partial charge in [0.1, 0.15) is 0 Å². The number of hydrogen-bond acceptors (Lipinski definition) is 3. The second kappa shape index (κ2) is 5.12. The number of nitrogens with zero attached hydrogens (tertiary/aromatic N) is 2. The van der Waals surface area contributed by atoms with Crippen molar-refractivity contribution in [1.29, 1.82) is 0 Å². The first-order valence-corrected chi connectivity index (χ1v) is 5.59. The summed E-state index contributed by atoms with van der Waals surface area (Å²) in [6.45, 7) is 1.62. The SMILES string of the molecule is O=C(O)CCc1cnn(CC2CCCO2)c1. The maximum absolute atomic E-state index is 10.4. The second-order valence-electron chi connectivity index (χ2n) is 4.10. The van der Waals surface area contributed by atoms with Crippen LogP contribution in [0.1, 0.15) is 24.8 Å². The van der Waals surface area contributed by atoms with Gasteiger partial charge in [-0.05, 0) is 24.8 Å². The van der Waals surface area contributed by atoms with Crippen LogP contribution in [0.25, 0.3) is 0 Å². The average Bonchev–Trinajstić information content (AvgIpc) is 2.87. The van der Waals surface area contributed by atoms with Crippen molar-refractivity contribution in [2.75, 3.05) is 6.61 Å². The zero-order valence-corrected chi connectivity index (χ0v) is 9.13. The van der Waals surface area contributed by atoms with Crippen LogP contribution in [-0.2, 0) is 22.5 Å². The van der Waals surface area contributed by atoms with E-state index in [1.165, 1.54) is 0 Å². The van der Waals surface area contributed by atoms with E-state index in [2.05, 4.69) is 5.10 Å². The van der Waals surface area contributed by atoms with Gasteiger partial charge in [0.15, 0.2) is 0 Å². The van der Waals surface area contributed by atoms with Crippen LogP contribution in [0.2, 0.25) is 0 Å². The zero-order chi connectivity index (χ0) is 11.4. The summed E-state index contributed by atoms with van der Waals surface area (Å²) in [5, 5.41) is 12.8. The minimum Gasteiger partial charge on any atom is -0.481 e. The third-order valence-corrected chi connectivity index (χ3v) is 2.73. The number of carboxylic acids is 1. The van der Waals surface area contributed by atoms with Crippen molar-refractivity contribution >= 4 is 5.97 Å². The topological polar surface area (TPSA) is 64.3 Å². The summed E-state index contributed by atoms with van der Waals surface area (Å²) in [6, 6.07) is 0. The number of aliphatic carboxylic acids is 1. The molecule has 1 aliphatic rings. The van der Waals surface area contributed by atoms with Gasteiger partial charge in [0.2, 0.25) is 0 Å². The summed E-state index contributed by atoms with van der Waals surface area (Å²) >= 11 is 0. The van der Waals surface area contributed by atoms with Crippen molar-refractivity contribution in [2.45, 2.75) is 38.3 Å². The Morgan fingerprint density at radius 1 is 1.69 bits per heavy atom. The van der Waals surface area contributed by atoms with E-state index in [1.807, 2.05) is 10.9 Å². The Kier molecular flexibility index (Phi) is 3.56. The van der Waals surface area contributed by atoms with Gasteiger partial charge in [-0.1, -0.05) is 0 Å². The molecule has 1 unspecified atom stereocenters. The Hall–Kier alpha value is -1.36. The Bertz CT molecular complexity index is 356. The molecule has 1 N–H and O–H groups in total. The van der Waals surface area contributed by atoms with Gasteiger partial charge in [-0.2, -0.15) is 5.10 Å². The molecule has 0 spiro atoms. The minimum atomic E-state index is -0.771. The van der Waals surface area contributed by atoms with E-state index >= 15 is 0 Å². The molecule has 0 saturated carbocycles. The van der Waals surface area contributed by atoms with E-state index < -0.39 is 5.97 Å². The van der Waals surface area contributed by atoms with Crippen molar-refractivity contribution in [3.05, 3.63) is 18.0 Å². The lowest BCUT2D eigenvalue weighted by molar-refractivity contribution is -0.136. The van der Waals surface area contributed by atoms with Crippen LogP contribution in [-0.4, -0.2) is 33.6 Å². The van der Waals surface area contributed by atoms with E-state index in [9.17, 15) is 4.79 Å². The first-order valence-electron chi connectivity index (χ1n) is 5.59. The van der Waals surface area contributed by atoms with Gasteiger partial charge in [0.05, 0.1) is 18.8 Å². The fourth-order valence-corrected chi connectivity index (χ4v) is 1.88. The highest BCUT2D eigenvalue weighted by Gasteiger charge is 2.16. The largest absolute Gasteiger partial charge is 0.481 e. The minimum absolute atomic E-state index is 0.158. The highest BCUT2D eigenvalue weighted by atomic mass is 16.5. The summed E-state index contributed by atoms with van der Waals surface area (Å²) < 4.78 is 7.35. The van der Waals surface area contributed by atoms with Gasteiger partial charge in [0, 0.05) is 19.2 Å². The Balaban J connectivity index is 1.84. The van der Waals surface area contributed by atoms with E-state index in [4.69, 9.17) is 9.84 Å². The molecule has 1 aromatic heterocycles. The Morgan fingerprint density at radius 2 is 2.56 bits per heavy atom. The Morgan fingerprint density at radius 3 is 3.25 bits per heavy atom. The van der Waals surface area contributed by atoms with Crippen LogP contribution in [0.5, 0.6) is 0 Å². The molecule has 0 aliphatic carbocycles. The van der Waals surface area contributed by atoms with E-state index in [0.29, 0.717) is 6.42 Å². The molecule has 1 saturated heterocycles. The van der Waals surface area contributed by atoms with Gasteiger partial charge < -0.3 is 9.84 Å². The molecule has 0 bridgehead atoms. The van der Waals surface area contributed by atoms with Gasteiger partial charge in [0.25, 0.3) is 0 Å². The molecule has 1 aromatic rings. The second-order valence-corrected chi connectivity index (χ2v) is 4.10. The maximum atomic E-state index is 10.4. The molecule has 88 valence electrons. The molecule has 0 amide bonds.